The van der Waals surface area contributed by atoms with Gasteiger partial charge in [0.25, 0.3) is 0 Å². The molecule has 0 aliphatic rings. The van der Waals surface area contributed by atoms with Crippen molar-refractivity contribution in [2.45, 2.75) is 39.5 Å². The summed E-state index contributed by atoms with van der Waals surface area (Å²) in [6.45, 7) is 8.91. The second kappa shape index (κ2) is 4.36. The summed E-state index contributed by atoms with van der Waals surface area (Å²) in [6.07, 6.45) is 4.55. The molecule has 0 aliphatic carbocycles. The van der Waals surface area contributed by atoms with Gasteiger partial charge in [-0.05, 0) is 29.0 Å². The molecule has 0 bridgehead atoms. The van der Waals surface area contributed by atoms with Crippen molar-refractivity contribution in [1.82, 2.24) is 9.97 Å². The Balaban J connectivity index is 2.26. The Morgan fingerprint density at radius 1 is 1.24 bits per heavy atom. The van der Waals surface area contributed by atoms with Crippen molar-refractivity contribution < 1.29 is 0 Å². The number of benzene rings is 1. The number of hydrogen-bond donors (Lipinski definition) is 1. The van der Waals surface area contributed by atoms with Crippen LogP contribution in [0.4, 0.5) is 0 Å². The number of nitrogens with one attached hydrogen (secondary N) is 1. The van der Waals surface area contributed by atoms with Crippen LogP contribution in [0.3, 0.4) is 0 Å². The molecule has 0 amide bonds. The summed E-state index contributed by atoms with van der Waals surface area (Å²) in [6, 6.07) is 6.74. The lowest BCUT2D eigenvalue weighted by Crippen LogP contribution is -2.11. The maximum atomic E-state index is 4.27. The van der Waals surface area contributed by atoms with Gasteiger partial charge in [-0.25, -0.2) is 4.98 Å². The van der Waals surface area contributed by atoms with Crippen LogP contribution in [-0.2, 0) is 11.8 Å². The Morgan fingerprint density at radius 3 is 2.53 bits per heavy atom. The molecule has 0 radical (unpaired) electrons. The molecule has 0 unspecified atom stereocenters. The number of aromatic amines is 1. The summed E-state index contributed by atoms with van der Waals surface area (Å²) in [5.74, 6) is 1.02. The molecule has 0 spiro atoms. The van der Waals surface area contributed by atoms with Crippen molar-refractivity contribution in [3.05, 3.63) is 53.1 Å². The van der Waals surface area contributed by atoms with E-state index in [0.29, 0.717) is 0 Å². The highest BCUT2D eigenvalue weighted by atomic mass is 14.9. The first kappa shape index (κ1) is 11.9. The summed E-state index contributed by atoms with van der Waals surface area (Å²) in [7, 11) is 0. The van der Waals surface area contributed by atoms with Crippen LogP contribution in [-0.4, -0.2) is 9.97 Å². The van der Waals surface area contributed by atoms with Gasteiger partial charge in [0.1, 0.15) is 5.82 Å². The van der Waals surface area contributed by atoms with Crippen molar-refractivity contribution >= 4 is 0 Å². The SMILES string of the molecule is Cc1cc(C(C)(C)C)ccc1Cc1ncc[nH]1. The highest BCUT2D eigenvalue weighted by Gasteiger charge is 2.14. The number of nitrogens with zero attached hydrogens (tertiary/aromatic N) is 1. The molecule has 0 atom stereocenters. The molecular formula is C15H20N2. The molecule has 1 N–H and O–H groups in total. The van der Waals surface area contributed by atoms with Gasteiger partial charge in [-0.2, -0.15) is 0 Å². The minimum atomic E-state index is 0.216. The van der Waals surface area contributed by atoms with Gasteiger partial charge in [-0.1, -0.05) is 39.0 Å². The van der Waals surface area contributed by atoms with Crippen LogP contribution in [0.15, 0.2) is 30.6 Å². The van der Waals surface area contributed by atoms with E-state index in [1.165, 1.54) is 16.7 Å². The first-order valence-corrected chi connectivity index (χ1v) is 6.05. The van der Waals surface area contributed by atoms with Gasteiger partial charge in [0, 0.05) is 18.8 Å². The number of H-pyrrole nitrogens is 1. The van der Waals surface area contributed by atoms with Crippen molar-refractivity contribution in [2.75, 3.05) is 0 Å². The molecule has 17 heavy (non-hydrogen) atoms. The quantitative estimate of drug-likeness (QED) is 0.835. The predicted molar refractivity (Wildman–Crippen MR) is 71.3 cm³/mol. The lowest BCUT2D eigenvalue weighted by atomic mass is 9.85. The Kier molecular flexibility index (Phi) is 3.05. The molecule has 2 heteroatoms. The molecule has 2 aromatic rings. The van der Waals surface area contributed by atoms with Crippen LogP contribution in [0, 0.1) is 6.92 Å². The Hall–Kier alpha value is -1.57. The van der Waals surface area contributed by atoms with Gasteiger partial charge in [0.2, 0.25) is 0 Å². The van der Waals surface area contributed by atoms with Gasteiger partial charge in [-0.15, -0.1) is 0 Å². The second-order valence-corrected chi connectivity index (χ2v) is 5.60. The van der Waals surface area contributed by atoms with E-state index in [9.17, 15) is 0 Å². The van der Waals surface area contributed by atoms with Crippen molar-refractivity contribution in [3.63, 3.8) is 0 Å². The molecule has 1 aromatic heterocycles. The molecule has 0 saturated heterocycles. The molecule has 2 rings (SSSR count). The van der Waals surface area contributed by atoms with E-state index < -0.39 is 0 Å². The van der Waals surface area contributed by atoms with E-state index in [-0.39, 0.29) is 5.41 Å². The van der Waals surface area contributed by atoms with Crippen LogP contribution in [0.1, 0.15) is 43.3 Å². The maximum Gasteiger partial charge on any atom is 0.110 e. The van der Waals surface area contributed by atoms with E-state index >= 15 is 0 Å². The standard InChI is InChI=1S/C15H20N2/c1-11-9-13(15(2,3)4)6-5-12(11)10-14-16-7-8-17-14/h5-9H,10H2,1-4H3,(H,16,17). The summed E-state index contributed by atoms with van der Waals surface area (Å²) in [5.41, 5.74) is 4.29. The highest BCUT2D eigenvalue weighted by Crippen LogP contribution is 2.24. The zero-order valence-electron chi connectivity index (χ0n) is 11.0. The number of hydrogen-bond acceptors (Lipinski definition) is 1. The molecule has 2 nitrogen and oxygen atoms in total. The van der Waals surface area contributed by atoms with Gasteiger partial charge in [0.05, 0.1) is 0 Å². The molecule has 90 valence electrons. The normalized spacial score (nSPS) is 11.8. The third kappa shape index (κ3) is 2.76. The second-order valence-electron chi connectivity index (χ2n) is 5.60. The average Bonchev–Trinajstić information content (AvgIpc) is 2.72. The highest BCUT2D eigenvalue weighted by molar-refractivity contribution is 5.35. The molecule has 1 heterocycles. The minimum absolute atomic E-state index is 0.216. The fourth-order valence-electron chi connectivity index (χ4n) is 1.94. The summed E-state index contributed by atoms with van der Waals surface area (Å²) >= 11 is 0. The summed E-state index contributed by atoms with van der Waals surface area (Å²) in [4.78, 5) is 7.41. The summed E-state index contributed by atoms with van der Waals surface area (Å²) < 4.78 is 0. The van der Waals surface area contributed by atoms with E-state index in [0.717, 1.165) is 12.2 Å². The smallest absolute Gasteiger partial charge is 0.110 e. The zero-order valence-corrected chi connectivity index (χ0v) is 11.0. The van der Waals surface area contributed by atoms with E-state index in [4.69, 9.17) is 0 Å². The van der Waals surface area contributed by atoms with Crippen LogP contribution >= 0.6 is 0 Å². The van der Waals surface area contributed by atoms with Crippen molar-refractivity contribution in [2.24, 2.45) is 0 Å². The fourth-order valence-corrected chi connectivity index (χ4v) is 1.94. The third-order valence-electron chi connectivity index (χ3n) is 3.12. The lowest BCUT2D eigenvalue weighted by molar-refractivity contribution is 0.589. The zero-order chi connectivity index (χ0) is 12.5. The topological polar surface area (TPSA) is 28.7 Å². The lowest BCUT2D eigenvalue weighted by Gasteiger charge is -2.20. The fraction of sp³-hybridized carbons (Fsp3) is 0.400. The van der Waals surface area contributed by atoms with E-state index in [2.05, 4.69) is 55.9 Å². The Morgan fingerprint density at radius 2 is 2.00 bits per heavy atom. The first-order valence-electron chi connectivity index (χ1n) is 6.05. The monoisotopic (exact) mass is 228 g/mol. The van der Waals surface area contributed by atoms with Gasteiger partial charge in [0.15, 0.2) is 0 Å². The summed E-state index contributed by atoms with van der Waals surface area (Å²) in [5, 5.41) is 0. The van der Waals surface area contributed by atoms with Gasteiger partial charge < -0.3 is 4.98 Å². The van der Waals surface area contributed by atoms with Crippen LogP contribution in [0.25, 0.3) is 0 Å². The number of imidazole rings is 1. The predicted octanol–water partition coefficient (Wildman–Crippen LogP) is 3.61. The van der Waals surface area contributed by atoms with Crippen LogP contribution < -0.4 is 0 Å². The average molecular weight is 228 g/mol. The number of rotatable bonds is 2. The molecule has 0 fully saturated rings. The maximum absolute atomic E-state index is 4.27. The minimum Gasteiger partial charge on any atom is -0.348 e. The van der Waals surface area contributed by atoms with Crippen LogP contribution in [0.5, 0.6) is 0 Å². The molecular weight excluding hydrogens is 208 g/mol. The van der Waals surface area contributed by atoms with Gasteiger partial charge in [-0.3, -0.25) is 0 Å². The van der Waals surface area contributed by atoms with Crippen molar-refractivity contribution in [1.29, 1.82) is 0 Å². The molecule has 0 aliphatic heterocycles. The van der Waals surface area contributed by atoms with Crippen LogP contribution in [0.2, 0.25) is 0 Å². The molecule has 0 saturated carbocycles. The van der Waals surface area contributed by atoms with E-state index in [1.54, 1.807) is 6.20 Å². The number of aromatic nitrogens is 2. The van der Waals surface area contributed by atoms with Gasteiger partial charge >= 0.3 is 0 Å². The first-order chi connectivity index (χ1) is 7.97. The molecule has 1 aromatic carbocycles. The van der Waals surface area contributed by atoms with Crippen molar-refractivity contribution in [3.8, 4) is 0 Å². The van der Waals surface area contributed by atoms with E-state index in [1.807, 2.05) is 6.20 Å². The Bertz CT molecular complexity index is 490. The number of aryl methyl sites for hydroxylation is 1. The third-order valence-corrected chi connectivity index (χ3v) is 3.12. The Labute approximate surface area is 103 Å². The largest absolute Gasteiger partial charge is 0.348 e.